The van der Waals surface area contributed by atoms with Gasteiger partial charge in [0.25, 0.3) is 0 Å². The third-order valence-electron chi connectivity index (χ3n) is 5.07. The molecule has 1 aliphatic carbocycles. The molecule has 2 fully saturated rings. The van der Waals surface area contributed by atoms with Crippen molar-refractivity contribution in [3.63, 3.8) is 0 Å². The number of carbonyl (C=O) groups is 1. The summed E-state index contributed by atoms with van der Waals surface area (Å²) < 4.78 is 5.47. The Kier molecular flexibility index (Phi) is 3.69. The first kappa shape index (κ1) is 14.5. The fourth-order valence-electron chi connectivity index (χ4n) is 3.64. The third kappa shape index (κ3) is 2.79. The van der Waals surface area contributed by atoms with Crippen molar-refractivity contribution in [3.05, 3.63) is 60.1 Å². The summed E-state index contributed by atoms with van der Waals surface area (Å²) in [5.74, 6) is 1.60. The van der Waals surface area contributed by atoms with Crippen LogP contribution < -0.4 is 0 Å². The first-order valence-electron chi connectivity index (χ1n) is 8.31. The summed E-state index contributed by atoms with van der Waals surface area (Å²) in [7, 11) is 2.13. The topological polar surface area (TPSA) is 36.7 Å². The predicted molar refractivity (Wildman–Crippen MR) is 87.9 cm³/mol. The van der Waals surface area contributed by atoms with E-state index in [1.54, 1.807) is 6.26 Å². The molecule has 0 radical (unpaired) electrons. The molecule has 4 nitrogen and oxygen atoms in total. The van der Waals surface area contributed by atoms with E-state index in [1.807, 2.05) is 18.2 Å². The predicted octanol–water partition coefficient (Wildman–Crippen LogP) is 2.90. The van der Waals surface area contributed by atoms with Crippen LogP contribution in [0, 0.1) is 5.92 Å². The molecular formula is C19H22N2O2. The average molecular weight is 310 g/mol. The van der Waals surface area contributed by atoms with Crippen LogP contribution in [0.15, 0.2) is 53.1 Å². The smallest absolute Gasteiger partial charge is 0.227 e. The van der Waals surface area contributed by atoms with Gasteiger partial charge in [-0.2, -0.15) is 0 Å². The maximum Gasteiger partial charge on any atom is 0.227 e. The Morgan fingerprint density at radius 3 is 2.70 bits per heavy atom. The number of carbonyl (C=O) groups excluding carboxylic acids is 1. The molecule has 4 heteroatoms. The van der Waals surface area contributed by atoms with E-state index in [-0.39, 0.29) is 23.8 Å². The summed E-state index contributed by atoms with van der Waals surface area (Å²) >= 11 is 0. The van der Waals surface area contributed by atoms with E-state index in [0.29, 0.717) is 0 Å². The second-order valence-corrected chi connectivity index (χ2v) is 6.68. The first-order valence-corrected chi connectivity index (χ1v) is 8.31. The van der Waals surface area contributed by atoms with E-state index in [0.717, 1.165) is 31.8 Å². The number of likely N-dealkylation sites (N-methyl/N-ethyl adjacent to an activating group) is 1. The number of nitrogens with zero attached hydrogens (tertiary/aromatic N) is 2. The highest BCUT2D eigenvalue weighted by Crippen LogP contribution is 2.49. The Bertz CT molecular complexity index is 668. The minimum Gasteiger partial charge on any atom is -0.469 e. The molecule has 23 heavy (non-hydrogen) atoms. The zero-order valence-electron chi connectivity index (χ0n) is 13.4. The zero-order chi connectivity index (χ0) is 15.8. The molecular weight excluding hydrogens is 288 g/mol. The molecule has 1 saturated carbocycles. The van der Waals surface area contributed by atoms with Gasteiger partial charge in [0, 0.05) is 31.5 Å². The van der Waals surface area contributed by atoms with Crippen molar-refractivity contribution >= 4 is 5.91 Å². The van der Waals surface area contributed by atoms with Crippen molar-refractivity contribution in [1.82, 2.24) is 9.80 Å². The monoisotopic (exact) mass is 310 g/mol. The second-order valence-electron chi connectivity index (χ2n) is 6.68. The van der Waals surface area contributed by atoms with Gasteiger partial charge in [0.15, 0.2) is 0 Å². The van der Waals surface area contributed by atoms with Crippen molar-refractivity contribution in [2.24, 2.45) is 5.92 Å². The van der Waals surface area contributed by atoms with Crippen LogP contribution in [0.2, 0.25) is 0 Å². The van der Waals surface area contributed by atoms with E-state index in [4.69, 9.17) is 4.42 Å². The number of amides is 1. The van der Waals surface area contributed by atoms with Gasteiger partial charge < -0.3 is 14.2 Å². The van der Waals surface area contributed by atoms with E-state index in [1.165, 1.54) is 5.56 Å². The lowest BCUT2D eigenvalue weighted by Crippen LogP contribution is -2.49. The van der Waals surface area contributed by atoms with Gasteiger partial charge in [0.1, 0.15) is 5.76 Å². The molecule has 2 aromatic rings. The molecule has 0 unspecified atom stereocenters. The number of hydrogen-bond acceptors (Lipinski definition) is 3. The van der Waals surface area contributed by atoms with E-state index < -0.39 is 0 Å². The van der Waals surface area contributed by atoms with Gasteiger partial charge in [-0.15, -0.1) is 0 Å². The molecule has 3 atom stereocenters. The minimum atomic E-state index is 0.0933. The lowest BCUT2D eigenvalue weighted by Gasteiger charge is -2.40. The molecule has 1 aliphatic heterocycles. The summed E-state index contributed by atoms with van der Waals surface area (Å²) in [6, 6.07) is 14.4. The van der Waals surface area contributed by atoms with E-state index in [2.05, 4.69) is 41.1 Å². The van der Waals surface area contributed by atoms with Crippen LogP contribution in [-0.2, 0) is 4.79 Å². The van der Waals surface area contributed by atoms with Crippen molar-refractivity contribution < 1.29 is 9.21 Å². The molecule has 2 aliphatic rings. The highest BCUT2D eigenvalue weighted by atomic mass is 16.3. The Morgan fingerprint density at radius 2 is 1.96 bits per heavy atom. The zero-order valence-corrected chi connectivity index (χ0v) is 13.4. The average Bonchev–Trinajstić information content (AvgIpc) is 3.20. The highest BCUT2D eigenvalue weighted by molar-refractivity contribution is 5.83. The Balaban J connectivity index is 1.53. The van der Waals surface area contributed by atoms with Gasteiger partial charge in [-0.05, 0) is 31.2 Å². The van der Waals surface area contributed by atoms with Crippen LogP contribution in [-0.4, -0.2) is 42.4 Å². The number of rotatable bonds is 3. The molecule has 4 rings (SSSR count). The Hall–Kier alpha value is -2.07. The van der Waals surface area contributed by atoms with Crippen LogP contribution in [0.5, 0.6) is 0 Å². The van der Waals surface area contributed by atoms with Crippen LogP contribution in [0.4, 0.5) is 0 Å². The van der Waals surface area contributed by atoms with Crippen LogP contribution in [0.25, 0.3) is 0 Å². The maximum atomic E-state index is 13.0. The number of benzene rings is 1. The van der Waals surface area contributed by atoms with Gasteiger partial charge in [-0.3, -0.25) is 4.79 Å². The molecule has 1 saturated heterocycles. The van der Waals surface area contributed by atoms with Crippen molar-refractivity contribution in [1.29, 1.82) is 0 Å². The molecule has 0 spiro atoms. The molecule has 1 aromatic heterocycles. The number of furan rings is 1. The quantitative estimate of drug-likeness (QED) is 0.874. The van der Waals surface area contributed by atoms with Crippen LogP contribution >= 0.6 is 0 Å². The molecule has 2 heterocycles. The van der Waals surface area contributed by atoms with Gasteiger partial charge in [-0.25, -0.2) is 0 Å². The van der Waals surface area contributed by atoms with Gasteiger partial charge in [-0.1, -0.05) is 30.3 Å². The molecule has 1 amide bonds. The lowest BCUT2D eigenvalue weighted by atomic mass is 10.0. The first-order chi connectivity index (χ1) is 11.2. The van der Waals surface area contributed by atoms with E-state index in [9.17, 15) is 4.79 Å². The van der Waals surface area contributed by atoms with Gasteiger partial charge in [0.2, 0.25) is 5.91 Å². The maximum absolute atomic E-state index is 13.0. The standard InChI is InChI=1S/C19H22N2O2/c1-20-9-10-21(17(13-20)14-6-3-2-4-7-14)19(22)16-12-15(16)18-8-5-11-23-18/h2-8,11,15-17H,9-10,12-13H2,1H3/t15-,16+,17-/m0/s1. The number of hydrogen-bond donors (Lipinski definition) is 0. The SMILES string of the molecule is CN1CCN(C(=O)[C@@H]2C[C@@H]2c2ccco2)[C@H](c2ccccc2)C1. The Labute approximate surface area is 136 Å². The van der Waals surface area contributed by atoms with Gasteiger partial charge in [0.05, 0.1) is 12.3 Å². The normalized spacial score (nSPS) is 27.9. The third-order valence-corrected chi connectivity index (χ3v) is 5.07. The fourth-order valence-corrected chi connectivity index (χ4v) is 3.64. The Morgan fingerprint density at radius 1 is 1.13 bits per heavy atom. The van der Waals surface area contributed by atoms with Crippen molar-refractivity contribution in [3.8, 4) is 0 Å². The van der Waals surface area contributed by atoms with Crippen molar-refractivity contribution in [2.75, 3.05) is 26.7 Å². The highest BCUT2D eigenvalue weighted by Gasteiger charge is 2.49. The summed E-state index contributed by atoms with van der Waals surface area (Å²) in [6.45, 7) is 2.64. The largest absolute Gasteiger partial charge is 0.469 e. The lowest BCUT2D eigenvalue weighted by molar-refractivity contribution is -0.137. The molecule has 0 N–H and O–H groups in total. The number of piperazine rings is 1. The van der Waals surface area contributed by atoms with Gasteiger partial charge >= 0.3 is 0 Å². The summed E-state index contributed by atoms with van der Waals surface area (Å²) in [4.78, 5) is 17.4. The fraction of sp³-hybridized carbons (Fsp3) is 0.421. The molecule has 120 valence electrons. The van der Waals surface area contributed by atoms with Crippen LogP contribution in [0.3, 0.4) is 0 Å². The molecule has 1 aromatic carbocycles. The minimum absolute atomic E-state index is 0.0933. The summed E-state index contributed by atoms with van der Waals surface area (Å²) in [5, 5.41) is 0. The summed E-state index contributed by atoms with van der Waals surface area (Å²) in [6.07, 6.45) is 2.61. The second kappa shape index (κ2) is 5.85. The summed E-state index contributed by atoms with van der Waals surface area (Å²) in [5.41, 5.74) is 1.22. The van der Waals surface area contributed by atoms with Crippen molar-refractivity contribution in [2.45, 2.75) is 18.4 Å². The molecule has 0 bridgehead atoms. The van der Waals surface area contributed by atoms with E-state index >= 15 is 0 Å². The van der Waals surface area contributed by atoms with Crippen LogP contribution in [0.1, 0.15) is 29.7 Å².